The summed E-state index contributed by atoms with van der Waals surface area (Å²) in [6.07, 6.45) is 1.24. The smallest absolute Gasteiger partial charge is 0.304 e. The van der Waals surface area contributed by atoms with E-state index < -0.39 is 5.97 Å². The van der Waals surface area contributed by atoms with Gasteiger partial charge in [0.1, 0.15) is 11.5 Å². The second-order valence-electron chi connectivity index (χ2n) is 5.08. The zero-order valence-electron chi connectivity index (χ0n) is 12.0. The van der Waals surface area contributed by atoms with Gasteiger partial charge in [-0.2, -0.15) is 0 Å². The Hall–Kier alpha value is -1.75. The molecule has 0 unspecified atom stereocenters. The summed E-state index contributed by atoms with van der Waals surface area (Å²) in [5.74, 6) is 1.26. The van der Waals surface area contributed by atoms with Gasteiger partial charge in [0.2, 0.25) is 0 Å². The Morgan fingerprint density at radius 2 is 1.95 bits per heavy atom. The first-order valence-corrected chi connectivity index (χ1v) is 6.79. The van der Waals surface area contributed by atoms with Gasteiger partial charge in [0.15, 0.2) is 0 Å². The third-order valence-electron chi connectivity index (χ3n) is 3.76. The molecule has 0 spiro atoms. The Bertz CT molecular complexity index is 453. The first kappa shape index (κ1) is 14.7. The predicted octanol–water partition coefficient (Wildman–Crippen LogP) is 1.97. The van der Waals surface area contributed by atoms with Crippen molar-refractivity contribution in [3.63, 3.8) is 0 Å². The molecular weight excluding hydrogens is 258 g/mol. The van der Waals surface area contributed by atoms with Crippen LogP contribution in [0.15, 0.2) is 18.2 Å². The highest BCUT2D eigenvalue weighted by Crippen LogP contribution is 2.32. The summed E-state index contributed by atoms with van der Waals surface area (Å²) >= 11 is 0. The molecule has 1 fully saturated rings. The lowest BCUT2D eigenvalue weighted by atomic mass is 9.98. The maximum atomic E-state index is 10.6. The highest BCUT2D eigenvalue weighted by Gasteiger charge is 2.24. The molecule has 1 heterocycles. The third-order valence-corrected chi connectivity index (χ3v) is 3.76. The molecule has 0 saturated carbocycles. The van der Waals surface area contributed by atoms with Crippen molar-refractivity contribution in [2.24, 2.45) is 0 Å². The number of aliphatic carboxylic acids is 1. The van der Waals surface area contributed by atoms with E-state index in [0.29, 0.717) is 12.5 Å². The number of carboxylic acid groups (broad SMARTS) is 1. The van der Waals surface area contributed by atoms with Crippen molar-refractivity contribution in [3.8, 4) is 11.5 Å². The fourth-order valence-corrected chi connectivity index (χ4v) is 2.63. The Labute approximate surface area is 119 Å². The number of benzene rings is 1. The van der Waals surface area contributed by atoms with E-state index in [1.807, 2.05) is 18.2 Å². The number of rotatable bonds is 6. The summed E-state index contributed by atoms with van der Waals surface area (Å²) in [5.41, 5.74) is 1.19. The lowest BCUT2D eigenvalue weighted by molar-refractivity contribution is -0.137. The number of likely N-dealkylation sites (tertiary alicyclic amines) is 1. The fraction of sp³-hybridized carbons (Fsp3) is 0.533. The van der Waals surface area contributed by atoms with Crippen molar-refractivity contribution >= 4 is 5.97 Å². The number of carbonyl (C=O) groups is 1. The SMILES string of the molecule is COc1cc(OC)cc([C@H]2CCN(CCC(=O)O)C2)c1. The molecular formula is C15H21NO4. The topological polar surface area (TPSA) is 59.0 Å². The van der Waals surface area contributed by atoms with Gasteiger partial charge in [-0.25, -0.2) is 0 Å². The molecule has 1 aliphatic rings. The largest absolute Gasteiger partial charge is 0.497 e. The zero-order valence-corrected chi connectivity index (χ0v) is 12.0. The summed E-state index contributed by atoms with van der Waals surface area (Å²) < 4.78 is 10.6. The van der Waals surface area contributed by atoms with Crippen LogP contribution in [0.25, 0.3) is 0 Å². The van der Waals surface area contributed by atoms with E-state index in [2.05, 4.69) is 4.90 Å². The van der Waals surface area contributed by atoms with Gasteiger partial charge < -0.3 is 19.5 Å². The van der Waals surface area contributed by atoms with Crippen LogP contribution in [0, 0.1) is 0 Å². The predicted molar refractivity (Wildman–Crippen MR) is 75.6 cm³/mol. The van der Waals surface area contributed by atoms with Crippen LogP contribution in [-0.4, -0.2) is 49.8 Å². The molecule has 110 valence electrons. The number of methoxy groups -OCH3 is 2. The first-order valence-electron chi connectivity index (χ1n) is 6.79. The standard InChI is InChI=1S/C15H21NO4/c1-19-13-7-12(8-14(9-13)20-2)11-3-5-16(10-11)6-4-15(17)18/h7-9,11H,3-6,10H2,1-2H3,(H,17,18)/t11-/m0/s1. The maximum absolute atomic E-state index is 10.6. The summed E-state index contributed by atoms with van der Waals surface area (Å²) in [6.45, 7) is 2.45. The Balaban J connectivity index is 2.03. The minimum atomic E-state index is -0.739. The molecule has 0 aliphatic carbocycles. The van der Waals surface area contributed by atoms with E-state index in [1.165, 1.54) is 5.56 Å². The van der Waals surface area contributed by atoms with Crippen molar-refractivity contribution in [2.75, 3.05) is 33.9 Å². The van der Waals surface area contributed by atoms with E-state index in [4.69, 9.17) is 14.6 Å². The molecule has 5 heteroatoms. The van der Waals surface area contributed by atoms with Gasteiger partial charge in [-0.3, -0.25) is 4.79 Å². The number of ether oxygens (including phenoxy) is 2. The summed E-state index contributed by atoms with van der Waals surface area (Å²) in [6, 6.07) is 5.93. The monoisotopic (exact) mass is 279 g/mol. The average molecular weight is 279 g/mol. The van der Waals surface area contributed by atoms with E-state index >= 15 is 0 Å². The van der Waals surface area contributed by atoms with Gasteiger partial charge >= 0.3 is 5.97 Å². The zero-order chi connectivity index (χ0) is 14.5. The van der Waals surface area contributed by atoms with E-state index in [9.17, 15) is 4.79 Å². The quantitative estimate of drug-likeness (QED) is 0.862. The molecule has 1 aliphatic heterocycles. The minimum absolute atomic E-state index is 0.203. The van der Waals surface area contributed by atoms with Crippen LogP contribution in [-0.2, 0) is 4.79 Å². The van der Waals surface area contributed by atoms with Gasteiger partial charge in [-0.05, 0) is 36.6 Å². The van der Waals surface area contributed by atoms with Crippen molar-refractivity contribution < 1.29 is 19.4 Å². The number of nitrogens with zero attached hydrogens (tertiary/aromatic N) is 1. The third kappa shape index (κ3) is 3.63. The van der Waals surface area contributed by atoms with Gasteiger partial charge in [-0.15, -0.1) is 0 Å². The lowest BCUT2D eigenvalue weighted by Crippen LogP contribution is -2.23. The molecule has 1 aromatic rings. The van der Waals surface area contributed by atoms with Crippen LogP contribution in [0.2, 0.25) is 0 Å². The Morgan fingerprint density at radius 3 is 2.50 bits per heavy atom. The van der Waals surface area contributed by atoms with E-state index in [0.717, 1.165) is 31.0 Å². The number of hydrogen-bond donors (Lipinski definition) is 1. The molecule has 1 saturated heterocycles. The molecule has 0 bridgehead atoms. The summed E-state index contributed by atoms with van der Waals surface area (Å²) in [7, 11) is 3.29. The normalized spacial score (nSPS) is 19.0. The van der Waals surface area contributed by atoms with Crippen LogP contribution < -0.4 is 9.47 Å². The first-order chi connectivity index (χ1) is 9.62. The van der Waals surface area contributed by atoms with Crippen molar-refractivity contribution in [1.29, 1.82) is 0 Å². The van der Waals surface area contributed by atoms with Gasteiger partial charge in [0.25, 0.3) is 0 Å². The molecule has 5 nitrogen and oxygen atoms in total. The molecule has 1 N–H and O–H groups in total. The molecule has 2 rings (SSSR count). The van der Waals surface area contributed by atoms with Gasteiger partial charge in [0.05, 0.1) is 20.6 Å². The highest BCUT2D eigenvalue weighted by molar-refractivity contribution is 5.66. The summed E-state index contributed by atoms with van der Waals surface area (Å²) in [5, 5.41) is 8.73. The molecule has 0 aromatic heterocycles. The van der Waals surface area contributed by atoms with E-state index in [1.54, 1.807) is 14.2 Å². The molecule has 0 radical (unpaired) electrons. The number of hydrogen-bond acceptors (Lipinski definition) is 4. The molecule has 0 amide bonds. The maximum Gasteiger partial charge on any atom is 0.304 e. The van der Waals surface area contributed by atoms with Crippen LogP contribution >= 0.6 is 0 Å². The van der Waals surface area contributed by atoms with Crippen molar-refractivity contribution in [2.45, 2.75) is 18.8 Å². The van der Waals surface area contributed by atoms with Gasteiger partial charge in [0, 0.05) is 19.2 Å². The average Bonchev–Trinajstić information content (AvgIpc) is 2.93. The van der Waals surface area contributed by atoms with Crippen LogP contribution in [0.1, 0.15) is 24.3 Å². The van der Waals surface area contributed by atoms with Crippen molar-refractivity contribution in [1.82, 2.24) is 4.90 Å². The lowest BCUT2D eigenvalue weighted by Gasteiger charge is -2.16. The van der Waals surface area contributed by atoms with Gasteiger partial charge in [-0.1, -0.05) is 0 Å². The van der Waals surface area contributed by atoms with Crippen LogP contribution in [0.3, 0.4) is 0 Å². The fourth-order valence-electron chi connectivity index (χ4n) is 2.63. The molecule has 20 heavy (non-hydrogen) atoms. The second-order valence-corrected chi connectivity index (χ2v) is 5.08. The Kier molecular flexibility index (Phi) is 4.84. The highest BCUT2D eigenvalue weighted by atomic mass is 16.5. The van der Waals surface area contributed by atoms with Crippen molar-refractivity contribution in [3.05, 3.63) is 23.8 Å². The molecule has 1 aromatic carbocycles. The Morgan fingerprint density at radius 1 is 1.30 bits per heavy atom. The van der Waals surface area contributed by atoms with Crippen LogP contribution in [0.4, 0.5) is 0 Å². The number of carboxylic acids is 1. The van der Waals surface area contributed by atoms with Crippen LogP contribution in [0.5, 0.6) is 11.5 Å². The van der Waals surface area contributed by atoms with E-state index in [-0.39, 0.29) is 6.42 Å². The second kappa shape index (κ2) is 6.61. The summed E-state index contributed by atoms with van der Waals surface area (Å²) in [4.78, 5) is 12.8. The minimum Gasteiger partial charge on any atom is -0.497 e. The molecule has 1 atom stereocenters.